The van der Waals surface area contributed by atoms with Crippen LogP contribution >= 0.6 is 35.1 Å². The summed E-state index contributed by atoms with van der Waals surface area (Å²) in [6, 6.07) is 3.39. The maximum atomic E-state index is 13.4. The van der Waals surface area contributed by atoms with Gasteiger partial charge >= 0.3 is 5.97 Å². The Morgan fingerprint density at radius 2 is 1.96 bits per heavy atom. The summed E-state index contributed by atoms with van der Waals surface area (Å²) in [6.07, 6.45) is 5.64. The molecule has 1 fully saturated rings. The minimum Gasteiger partial charge on any atom is -0.461 e. The Morgan fingerprint density at radius 3 is 2.54 bits per heavy atom. The third-order valence-corrected chi connectivity index (χ3v) is 6.30. The van der Waals surface area contributed by atoms with Crippen LogP contribution in [0.25, 0.3) is 0 Å². The van der Waals surface area contributed by atoms with Crippen molar-refractivity contribution >= 4 is 46.9 Å². The number of aromatic nitrogens is 1. The summed E-state index contributed by atoms with van der Waals surface area (Å²) >= 11 is 9.20. The molecular formula is C18H18ClNO4S2. The SMILES string of the molecule is CCOC(=O)c1noc(C2CC2)c1C(=O)c1ccc(Cl)c(SC)c1SC. The third kappa shape index (κ3) is 3.52. The summed E-state index contributed by atoms with van der Waals surface area (Å²) in [5.74, 6) is -0.316. The lowest BCUT2D eigenvalue weighted by atomic mass is 9.99. The van der Waals surface area contributed by atoms with Crippen molar-refractivity contribution in [3.05, 3.63) is 39.7 Å². The van der Waals surface area contributed by atoms with E-state index < -0.39 is 5.97 Å². The molecule has 8 heteroatoms. The zero-order valence-electron chi connectivity index (χ0n) is 14.6. The Balaban J connectivity index is 2.13. The first-order chi connectivity index (χ1) is 12.5. The van der Waals surface area contributed by atoms with Crippen LogP contribution in [0.2, 0.25) is 5.02 Å². The summed E-state index contributed by atoms with van der Waals surface area (Å²) in [4.78, 5) is 27.3. The second kappa shape index (κ2) is 8.06. The largest absolute Gasteiger partial charge is 0.461 e. The number of ketones is 1. The number of ether oxygens (including phenoxy) is 1. The summed E-state index contributed by atoms with van der Waals surface area (Å²) in [6.45, 7) is 1.91. The lowest BCUT2D eigenvalue weighted by Gasteiger charge is -2.12. The molecule has 5 nitrogen and oxygen atoms in total. The molecule has 1 aromatic carbocycles. The molecule has 1 aromatic heterocycles. The van der Waals surface area contributed by atoms with Crippen molar-refractivity contribution in [3.63, 3.8) is 0 Å². The molecule has 0 aliphatic heterocycles. The van der Waals surface area contributed by atoms with Gasteiger partial charge in [-0.25, -0.2) is 4.79 Å². The molecule has 2 aromatic rings. The molecule has 1 aliphatic carbocycles. The second-order valence-electron chi connectivity index (χ2n) is 5.76. The van der Waals surface area contributed by atoms with E-state index in [2.05, 4.69) is 5.16 Å². The molecule has 26 heavy (non-hydrogen) atoms. The van der Waals surface area contributed by atoms with Gasteiger partial charge in [0.05, 0.1) is 11.6 Å². The number of nitrogens with zero attached hydrogens (tertiary/aromatic N) is 1. The highest BCUT2D eigenvalue weighted by Crippen LogP contribution is 2.44. The summed E-state index contributed by atoms with van der Waals surface area (Å²) in [5.41, 5.74) is 0.656. The number of halogens is 1. The molecule has 3 rings (SSSR count). The van der Waals surface area contributed by atoms with Crippen LogP contribution in [0.1, 0.15) is 57.9 Å². The van der Waals surface area contributed by atoms with Crippen LogP contribution in [0.5, 0.6) is 0 Å². The van der Waals surface area contributed by atoms with E-state index in [4.69, 9.17) is 20.9 Å². The van der Waals surface area contributed by atoms with Gasteiger partial charge in [0.2, 0.25) is 5.69 Å². The van der Waals surface area contributed by atoms with Gasteiger partial charge in [-0.05, 0) is 44.4 Å². The zero-order chi connectivity index (χ0) is 18.8. The molecule has 0 amide bonds. The van der Waals surface area contributed by atoms with Gasteiger partial charge < -0.3 is 9.26 Å². The molecule has 1 heterocycles. The monoisotopic (exact) mass is 411 g/mol. The van der Waals surface area contributed by atoms with Gasteiger partial charge in [-0.1, -0.05) is 16.8 Å². The van der Waals surface area contributed by atoms with E-state index in [1.165, 1.54) is 23.5 Å². The molecule has 0 radical (unpaired) electrons. The van der Waals surface area contributed by atoms with Crippen molar-refractivity contribution in [2.24, 2.45) is 0 Å². The van der Waals surface area contributed by atoms with E-state index in [1.54, 1.807) is 19.1 Å². The van der Waals surface area contributed by atoms with Gasteiger partial charge in [0.1, 0.15) is 5.56 Å². The van der Waals surface area contributed by atoms with Crippen LogP contribution < -0.4 is 0 Å². The van der Waals surface area contributed by atoms with Gasteiger partial charge in [-0.15, -0.1) is 23.5 Å². The Kier molecular flexibility index (Phi) is 5.99. The van der Waals surface area contributed by atoms with E-state index in [9.17, 15) is 9.59 Å². The summed E-state index contributed by atoms with van der Waals surface area (Å²) in [7, 11) is 0. The maximum absolute atomic E-state index is 13.4. The Bertz CT molecular complexity index is 861. The molecule has 0 spiro atoms. The van der Waals surface area contributed by atoms with Crippen molar-refractivity contribution < 1.29 is 18.8 Å². The van der Waals surface area contributed by atoms with E-state index in [-0.39, 0.29) is 29.6 Å². The maximum Gasteiger partial charge on any atom is 0.361 e. The van der Waals surface area contributed by atoms with Crippen LogP contribution in [0.15, 0.2) is 26.4 Å². The third-order valence-electron chi connectivity index (χ3n) is 4.08. The minimum absolute atomic E-state index is 0.0496. The number of carbonyl (C=O) groups excluding carboxylic acids is 2. The Hall–Kier alpha value is -1.44. The van der Waals surface area contributed by atoms with Gasteiger partial charge in [0.25, 0.3) is 0 Å². The highest BCUT2D eigenvalue weighted by Gasteiger charge is 2.38. The molecule has 0 unspecified atom stereocenters. The second-order valence-corrected chi connectivity index (χ2v) is 7.80. The van der Waals surface area contributed by atoms with E-state index in [1.807, 2.05) is 12.5 Å². The number of hydrogen-bond acceptors (Lipinski definition) is 7. The fraction of sp³-hybridized carbons (Fsp3) is 0.389. The van der Waals surface area contributed by atoms with E-state index >= 15 is 0 Å². The van der Waals surface area contributed by atoms with E-state index in [0.717, 1.165) is 22.6 Å². The standard InChI is InChI=1S/C18H18ClNO4S2/c1-4-23-18(22)13-12(15(24-20-13)9-5-6-9)14(21)10-7-8-11(19)17(26-3)16(10)25-2/h7-9H,4-6H2,1-3H3. The number of carbonyl (C=O) groups is 2. The molecule has 1 saturated carbocycles. The van der Waals surface area contributed by atoms with Crippen molar-refractivity contribution in [1.29, 1.82) is 0 Å². The lowest BCUT2D eigenvalue weighted by Crippen LogP contribution is -2.14. The zero-order valence-corrected chi connectivity index (χ0v) is 17.0. The quantitative estimate of drug-likeness (QED) is 0.358. The lowest BCUT2D eigenvalue weighted by molar-refractivity contribution is 0.0512. The number of hydrogen-bond donors (Lipinski definition) is 0. The predicted molar refractivity (Wildman–Crippen MR) is 103 cm³/mol. The number of rotatable bonds is 7. The first-order valence-corrected chi connectivity index (χ1v) is 11.0. The van der Waals surface area contributed by atoms with Gasteiger partial charge in [-0.3, -0.25) is 4.79 Å². The van der Waals surface area contributed by atoms with Crippen LogP contribution in [0.4, 0.5) is 0 Å². The van der Waals surface area contributed by atoms with E-state index in [0.29, 0.717) is 16.3 Å². The average Bonchev–Trinajstić information content (AvgIpc) is 3.38. The summed E-state index contributed by atoms with van der Waals surface area (Å²) in [5, 5.41) is 4.44. The Morgan fingerprint density at radius 1 is 1.27 bits per heavy atom. The summed E-state index contributed by atoms with van der Waals surface area (Å²) < 4.78 is 10.4. The average molecular weight is 412 g/mol. The first kappa shape index (κ1) is 19.3. The van der Waals surface area contributed by atoms with Crippen molar-refractivity contribution in [2.75, 3.05) is 19.1 Å². The van der Waals surface area contributed by atoms with Gasteiger partial charge in [0, 0.05) is 21.3 Å². The van der Waals surface area contributed by atoms with Crippen molar-refractivity contribution in [2.45, 2.75) is 35.5 Å². The topological polar surface area (TPSA) is 69.4 Å². The molecule has 0 bridgehead atoms. The number of thioether (sulfide) groups is 2. The van der Waals surface area contributed by atoms with Crippen LogP contribution in [0.3, 0.4) is 0 Å². The molecular weight excluding hydrogens is 394 g/mol. The van der Waals surface area contributed by atoms with Crippen LogP contribution in [0, 0.1) is 0 Å². The van der Waals surface area contributed by atoms with Crippen LogP contribution in [-0.4, -0.2) is 36.0 Å². The molecule has 0 saturated heterocycles. The molecule has 138 valence electrons. The fourth-order valence-corrected chi connectivity index (χ4v) is 4.91. The normalized spacial score (nSPS) is 13.7. The fourth-order valence-electron chi connectivity index (χ4n) is 2.73. The van der Waals surface area contributed by atoms with Crippen LogP contribution in [-0.2, 0) is 4.74 Å². The number of esters is 1. The minimum atomic E-state index is -0.642. The van der Waals surface area contributed by atoms with Gasteiger partial charge in [-0.2, -0.15) is 0 Å². The highest BCUT2D eigenvalue weighted by molar-refractivity contribution is 8.01. The van der Waals surface area contributed by atoms with Crippen molar-refractivity contribution in [1.82, 2.24) is 5.16 Å². The van der Waals surface area contributed by atoms with Gasteiger partial charge in [0.15, 0.2) is 11.5 Å². The smallest absolute Gasteiger partial charge is 0.361 e. The predicted octanol–water partition coefficient (Wildman–Crippen LogP) is 5.06. The van der Waals surface area contributed by atoms with Crippen molar-refractivity contribution in [3.8, 4) is 0 Å². The Labute approximate surface area is 165 Å². The molecule has 0 atom stereocenters. The highest BCUT2D eigenvalue weighted by atomic mass is 35.5. The molecule has 1 aliphatic rings. The first-order valence-electron chi connectivity index (χ1n) is 8.15. The molecule has 0 N–H and O–H groups in total. The number of benzene rings is 1.